The lowest BCUT2D eigenvalue weighted by molar-refractivity contribution is -0.385. The third-order valence-corrected chi connectivity index (χ3v) is 5.41. The summed E-state index contributed by atoms with van der Waals surface area (Å²) in [4.78, 5) is 50.0. The van der Waals surface area contributed by atoms with Crippen LogP contribution in [0.25, 0.3) is 16.7 Å². The van der Waals surface area contributed by atoms with Gasteiger partial charge in [0.05, 0.1) is 27.9 Å². The van der Waals surface area contributed by atoms with E-state index in [2.05, 4.69) is 10.2 Å². The normalized spacial score (nSPS) is 13.4. The molecule has 154 valence electrons. The third kappa shape index (κ3) is 2.49. The van der Waals surface area contributed by atoms with Gasteiger partial charge in [-0.25, -0.2) is 0 Å². The van der Waals surface area contributed by atoms with Gasteiger partial charge in [-0.3, -0.25) is 38.4 Å². The number of benzene rings is 2. The van der Waals surface area contributed by atoms with E-state index >= 15 is 0 Å². The minimum atomic E-state index is -0.769. The Morgan fingerprint density at radius 1 is 1.06 bits per heavy atom. The smallest absolute Gasteiger partial charge is 0.279 e. The molecule has 0 bridgehead atoms. The minimum absolute atomic E-state index is 0.0269. The van der Waals surface area contributed by atoms with Crippen LogP contribution in [-0.2, 0) is 13.6 Å². The molecule has 0 saturated heterocycles. The zero-order valence-corrected chi connectivity index (χ0v) is 16.4. The van der Waals surface area contributed by atoms with E-state index in [-0.39, 0.29) is 34.8 Å². The lowest BCUT2D eigenvalue weighted by Gasteiger charge is -2.13. The Labute approximate surface area is 173 Å². The van der Waals surface area contributed by atoms with Crippen LogP contribution in [0.4, 0.5) is 5.69 Å². The quantitative estimate of drug-likeness (QED) is 0.280. The van der Waals surface area contributed by atoms with Crippen molar-refractivity contribution in [3.8, 4) is 0 Å². The van der Waals surface area contributed by atoms with Crippen molar-refractivity contribution >= 4 is 34.2 Å². The topological polar surface area (TPSA) is 133 Å². The number of nitro groups is 1. The number of rotatable bonds is 3. The molecule has 0 saturated carbocycles. The molecular weight excluding hydrogens is 404 g/mol. The lowest BCUT2D eigenvalue weighted by atomic mass is 10.1. The van der Waals surface area contributed by atoms with Crippen LogP contribution in [0.1, 0.15) is 32.1 Å². The van der Waals surface area contributed by atoms with Crippen molar-refractivity contribution in [3.05, 3.63) is 79.4 Å². The van der Waals surface area contributed by atoms with Gasteiger partial charge in [-0.05, 0) is 25.1 Å². The maximum atomic E-state index is 12.9. The van der Waals surface area contributed by atoms with Crippen molar-refractivity contribution in [2.24, 2.45) is 7.05 Å². The predicted octanol–water partition coefficient (Wildman–Crippen LogP) is 1.59. The number of nitro benzene ring substituents is 1. The molecule has 3 heterocycles. The summed E-state index contributed by atoms with van der Waals surface area (Å²) in [5.41, 5.74) is 0.493. The number of amides is 2. The maximum Gasteiger partial charge on any atom is 0.282 e. The Hall–Kier alpha value is -4.41. The molecule has 11 nitrogen and oxygen atoms in total. The van der Waals surface area contributed by atoms with Crippen LogP contribution < -0.4 is 5.56 Å². The van der Waals surface area contributed by atoms with Gasteiger partial charge in [0, 0.05) is 13.1 Å². The van der Waals surface area contributed by atoms with Crippen molar-refractivity contribution in [3.63, 3.8) is 0 Å². The highest BCUT2D eigenvalue weighted by Gasteiger charge is 2.41. The fraction of sp³-hybridized carbons (Fsp3) is 0.150. The van der Waals surface area contributed by atoms with E-state index in [4.69, 9.17) is 0 Å². The van der Waals surface area contributed by atoms with Gasteiger partial charge in [0.15, 0.2) is 5.82 Å². The molecule has 2 amide bonds. The van der Waals surface area contributed by atoms with Crippen LogP contribution >= 0.6 is 0 Å². The van der Waals surface area contributed by atoms with Crippen molar-refractivity contribution in [2.45, 2.75) is 13.5 Å². The Kier molecular flexibility index (Phi) is 3.78. The molecule has 0 radical (unpaired) electrons. The first kappa shape index (κ1) is 18.6. The van der Waals surface area contributed by atoms with Gasteiger partial charge in [-0.1, -0.05) is 17.7 Å². The summed E-state index contributed by atoms with van der Waals surface area (Å²) in [7, 11) is 1.56. The number of hydrogen-bond acceptors (Lipinski definition) is 7. The SMILES string of the molecule is Cc1ccc2c(c1)c(=O)n(C)c1nnc(CN3C(=O)c4cccc([N+](=O)[O-])c4C3=O)n21. The fourth-order valence-electron chi connectivity index (χ4n) is 3.91. The second-order valence-electron chi connectivity index (χ2n) is 7.29. The summed E-state index contributed by atoms with van der Waals surface area (Å²) in [6.45, 7) is 1.60. The molecule has 0 fully saturated rings. The van der Waals surface area contributed by atoms with E-state index in [1.54, 1.807) is 23.6 Å². The molecule has 0 unspecified atom stereocenters. The van der Waals surface area contributed by atoms with E-state index in [0.717, 1.165) is 10.5 Å². The highest BCUT2D eigenvalue weighted by Crippen LogP contribution is 2.31. The molecule has 4 aromatic rings. The van der Waals surface area contributed by atoms with Gasteiger partial charge in [0.2, 0.25) is 5.78 Å². The van der Waals surface area contributed by atoms with Crippen LogP contribution in [0.15, 0.2) is 41.2 Å². The molecule has 1 aliphatic heterocycles. The number of carbonyl (C=O) groups excluding carboxylic acids is 2. The number of nitrogens with zero attached hydrogens (tertiary/aromatic N) is 6. The number of carbonyl (C=O) groups is 2. The monoisotopic (exact) mass is 418 g/mol. The van der Waals surface area contributed by atoms with E-state index in [0.29, 0.717) is 10.9 Å². The van der Waals surface area contributed by atoms with Gasteiger partial charge < -0.3 is 0 Å². The van der Waals surface area contributed by atoms with E-state index < -0.39 is 22.4 Å². The van der Waals surface area contributed by atoms with Gasteiger partial charge in [-0.15, -0.1) is 10.2 Å². The zero-order chi connectivity index (χ0) is 22.0. The molecule has 2 aromatic heterocycles. The highest BCUT2D eigenvalue weighted by atomic mass is 16.6. The summed E-state index contributed by atoms with van der Waals surface area (Å²) in [6, 6.07) is 9.25. The average molecular weight is 418 g/mol. The van der Waals surface area contributed by atoms with Gasteiger partial charge in [-0.2, -0.15) is 0 Å². The Balaban J connectivity index is 1.67. The second kappa shape index (κ2) is 6.29. The zero-order valence-electron chi connectivity index (χ0n) is 16.4. The van der Waals surface area contributed by atoms with Crippen LogP contribution in [0.3, 0.4) is 0 Å². The molecule has 11 heteroatoms. The summed E-state index contributed by atoms with van der Waals surface area (Å²) < 4.78 is 2.94. The van der Waals surface area contributed by atoms with Crippen LogP contribution in [0.5, 0.6) is 0 Å². The average Bonchev–Trinajstić information content (AvgIpc) is 3.27. The highest BCUT2D eigenvalue weighted by molar-refractivity contribution is 6.23. The lowest BCUT2D eigenvalue weighted by Crippen LogP contribution is -2.30. The van der Waals surface area contributed by atoms with Crippen LogP contribution in [-0.4, -0.2) is 40.8 Å². The summed E-state index contributed by atoms with van der Waals surface area (Å²) in [5.74, 6) is -0.921. The van der Waals surface area contributed by atoms with E-state index in [1.807, 2.05) is 13.0 Å². The van der Waals surface area contributed by atoms with Gasteiger partial charge >= 0.3 is 0 Å². The first-order valence-electron chi connectivity index (χ1n) is 9.26. The maximum absolute atomic E-state index is 12.9. The first-order valence-corrected chi connectivity index (χ1v) is 9.26. The van der Waals surface area contributed by atoms with Crippen molar-refractivity contribution in [1.82, 2.24) is 24.1 Å². The molecule has 31 heavy (non-hydrogen) atoms. The third-order valence-electron chi connectivity index (χ3n) is 5.41. The Bertz CT molecular complexity index is 1530. The molecule has 0 N–H and O–H groups in total. The number of imide groups is 1. The van der Waals surface area contributed by atoms with Crippen LogP contribution in [0.2, 0.25) is 0 Å². The number of fused-ring (bicyclic) bond motifs is 4. The largest absolute Gasteiger partial charge is 0.282 e. The first-order chi connectivity index (χ1) is 14.8. The molecule has 5 rings (SSSR count). The Morgan fingerprint density at radius 2 is 1.84 bits per heavy atom. The molecule has 0 atom stereocenters. The number of aryl methyl sites for hydroxylation is 2. The van der Waals surface area contributed by atoms with Crippen molar-refractivity contribution in [2.75, 3.05) is 0 Å². The predicted molar refractivity (Wildman–Crippen MR) is 108 cm³/mol. The summed E-state index contributed by atoms with van der Waals surface area (Å²) >= 11 is 0. The van der Waals surface area contributed by atoms with E-state index in [9.17, 15) is 24.5 Å². The summed E-state index contributed by atoms with van der Waals surface area (Å²) in [6.07, 6.45) is 0. The molecular formula is C20H14N6O5. The Morgan fingerprint density at radius 3 is 2.58 bits per heavy atom. The minimum Gasteiger partial charge on any atom is -0.279 e. The van der Waals surface area contributed by atoms with Gasteiger partial charge in [0.1, 0.15) is 5.56 Å². The van der Waals surface area contributed by atoms with Gasteiger partial charge in [0.25, 0.3) is 23.1 Å². The number of hydrogen-bond donors (Lipinski definition) is 0. The fourth-order valence-corrected chi connectivity index (χ4v) is 3.91. The molecule has 0 aliphatic carbocycles. The van der Waals surface area contributed by atoms with Crippen LogP contribution in [0, 0.1) is 17.0 Å². The molecule has 1 aliphatic rings. The summed E-state index contributed by atoms with van der Waals surface area (Å²) in [5, 5.41) is 19.9. The van der Waals surface area contributed by atoms with E-state index in [1.165, 1.54) is 22.8 Å². The van der Waals surface area contributed by atoms with Crippen molar-refractivity contribution < 1.29 is 14.5 Å². The molecule has 0 spiro atoms. The standard InChI is InChI=1S/C20H14N6O5/c1-10-6-7-13-12(8-10)17(27)23(2)20-22-21-15(25(13)20)9-24-18(28)11-4-3-5-14(26(30)31)16(11)19(24)29/h3-8H,9H2,1-2H3. The number of aromatic nitrogens is 4. The molecule has 2 aromatic carbocycles. The second-order valence-corrected chi connectivity index (χ2v) is 7.29. The van der Waals surface area contributed by atoms with Crippen molar-refractivity contribution in [1.29, 1.82) is 0 Å².